The zero-order chi connectivity index (χ0) is 11.8. The molecule has 0 bridgehead atoms. The van der Waals surface area contributed by atoms with Crippen LogP contribution in [0.5, 0.6) is 0 Å². The quantitative estimate of drug-likeness (QED) is 0.604. The lowest BCUT2D eigenvalue weighted by Crippen LogP contribution is -1.97. The Morgan fingerprint density at radius 1 is 1.25 bits per heavy atom. The topological polar surface area (TPSA) is 29.4 Å². The number of hydrogen-bond acceptors (Lipinski definition) is 4. The van der Waals surface area contributed by atoms with Gasteiger partial charge in [0, 0.05) is 0 Å². The largest absolute Gasteiger partial charge is 0.299 e. The number of para-hydroxylation sites is 1. The number of carbonyl (C=O) groups is 1. The van der Waals surface area contributed by atoms with E-state index in [2.05, 4.69) is 11.9 Å². The van der Waals surface area contributed by atoms with Gasteiger partial charge in [-0.2, -0.15) is 0 Å². The second-order valence-corrected chi connectivity index (χ2v) is 5.61. The molecule has 0 radical (unpaired) electrons. The predicted molar refractivity (Wildman–Crippen MR) is 74.8 cm³/mol. The summed E-state index contributed by atoms with van der Waals surface area (Å²) in [4.78, 5) is 15.4. The third kappa shape index (κ3) is 5.37. The van der Waals surface area contributed by atoms with Crippen LogP contribution in [0.3, 0.4) is 0 Å². The summed E-state index contributed by atoms with van der Waals surface area (Å²) in [6.45, 7) is 3.68. The van der Waals surface area contributed by atoms with E-state index in [1.54, 1.807) is 18.7 Å². The Morgan fingerprint density at radius 3 is 2.50 bits per heavy atom. The number of nitrogens with zero attached hydrogens (tertiary/aromatic N) is 1. The average molecular weight is 253 g/mol. The molecule has 0 saturated carbocycles. The fraction of sp³-hybridized carbons (Fsp3) is 0.333. The minimum atomic E-state index is 0.183. The molecule has 16 heavy (non-hydrogen) atoms. The molecule has 2 nitrogen and oxygen atoms in total. The molecule has 0 aromatic heterocycles. The van der Waals surface area contributed by atoms with Crippen LogP contribution in [0.2, 0.25) is 0 Å². The summed E-state index contributed by atoms with van der Waals surface area (Å²) in [5, 5.41) is 0. The molecule has 0 amide bonds. The van der Waals surface area contributed by atoms with E-state index >= 15 is 0 Å². The van der Waals surface area contributed by atoms with Crippen LogP contribution in [-0.4, -0.2) is 21.7 Å². The van der Waals surface area contributed by atoms with Crippen LogP contribution in [0.1, 0.15) is 13.8 Å². The molecule has 0 atom stereocenters. The fourth-order valence-electron chi connectivity index (χ4n) is 1.00. The van der Waals surface area contributed by atoms with Crippen LogP contribution in [-0.2, 0) is 4.79 Å². The lowest BCUT2D eigenvalue weighted by molar-refractivity contribution is -0.114. The average Bonchev–Trinajstić information content (AvgIpc) is 2.27. The van der Waals surface area contributed by atoms with Gasteiger partial charge in [0.1, 0.15) is 10.2 Å². The lowest BCUT2D eigenvalue weighted by atomic mass is 10.3. The van der Waals surface area contributed by atoms with Crippen molar-refractivity contribution in [2.45, 2.75) is 13.8 Å². The van der Waals surface area contributed by atoms with Crippen molar-refractivity contribution in [3.8, 4) is 0 Å². The van der Waals surface area contributed by atoms with Crippen molar-refractivity contribution in [2.24, 2.45) is 4.99 Å². The zero-order valence-electron chi connectivity index (χ0n) is 9.47. The Kier molecular flexibility index (Phi) is 6.26. The highest BCUT2D eigenvalue weighted by Crippen LogP contribution is 2.22. The van der Waals surface area contributed by atoms with Gasteiger partial charge < -0.3 is 0 Å². The summed E-state index contributed by atoms with van der Waals surface area (Å²) < 4.78 is 0.962. The third-order valence-corrected chi connectivity index (χ3v) is 3.87. The van der Waals surface area contributed by atoms with Gasteiger partial charge in [0.25, 0.3) is 0 Å². The normalized spacial score (nSPS) is 11.5. The van der Waals surface area contributed by atoms with Crippen LogP contribution in [0.15, 0.2) is 35.3 Å². The van der Waals surface area contributed by atoms with Crippen molar-refractivity contribution in [2.75, 3.05) is 11.5 Å². The zero-order valence-corrected chi connectivity index (χ0v) is 11.1. The number of benzene rings is 1. The molecule has 1 aromatic rings. The molecule has 0 aliphatic rings. The van der Waals surface area contributed by atoms with Crippen molar-refractivity contribution in [3.63, 3.8) is 0 Å². The molecule has 86 valence electrons. The maximum absolute atomic E-state index is 10.9. The van der Waals surface area contributed by atoms with Gasteiger partial charge in [-0.25, -0.2) is 4.99 Å². The Bertz CT molecular complexity index is 363. The van der Waals surface area contributed by atoms with Crippen LogP contribution < -0.4 is 0 Å². The molecule has 1 aromatic carbocycles. The molecule has 0 saturated heterocycles. The van der Waals surface area contributed by atoms with E-state index in [0.717, 1.165) is 15.8 Å². The molecule has 1 rings (SSSR count). The first-order chi connectivity index (χ1) is 7.72. The van der Waals surface area contributed by atoms with Crippen molar-refractivity contribution < 1.29 is 4.79 Å². The molecular weight excluding hydrogens is 238 g/mol. The van der Waals surface area contributed by atoms with Gasteiger partial charge in [-0.15, -0.1) is 0 Å². The highest BCUT2D eigenvalue weighted by molar-refractivity contribution is 8.39. The number of hydrogen-bond donors (Lipinski definition) is 0. The van der Waals surface area contributed by atoms with E-state index in [0.29, 0.717) is 5.75 Å². The summed E-state index contributed by atoms with van der Waals surface area (Å²) in [7, 11) is 0. The Balaban J connectivity index is 2.68. The van der Waals surface area contributed by atoms with E-state index in [-0.39, 0.29) is 5.78 Å². The van der Waals surface area contributed by atoms with Crippen LogP contribution in [0.25, 0.3) is 0 Å². The Morgan fingerprint density at radius 2 is 1.94 bits per heavy atom. The van der Waals surface area contributed by atoms with Gasteiger partial charge in [-0.1, -0.05) is 48.6 Å². The molecular formula is C12H15NOS2. The molecule has 0 unspecified atom stereocenters. The third-order valence-electron chi connectivity index (χ3n) is 1.64. The van der Waals surface area contributed by atoms with Crippen LogP contribution >= 0.6 is 23.5 Å². The van der Waals surface area contributed by atoms with Crippen molar-refractivity contribution in [3.05, 3.63) is 30.3 Å². The monoisotopic (exact) mass is 253 g/mol. The summed E-state index contributed by atoms with van der Waals surface area (Å²) in [5.74, 6) is 1.65. The Hall–Kier alpha value is -0.740. The molecule has 0 fully saturated rings. The molecule has 0 N–H and O–H groups in total. The van der Waals surface area contributed by atoms with Gasteiger partial charge in [0.15, 0.2) is 0 Å². The molecule has 0 aliphatic heterocycles. The second-order valence-electron chi connectivity index (χ2n) is 3.14. The fourth-order valence-corrected chi connectivity index (χ4v) is 2.78. The van der Waals surface area contributed by atoms with Gasteiger partial charge in [-0.05, 0) is 24.8 Å². The van der Waals surface area contributed by atoms with Gasteiger partial charge in [0.2, 0.25) is 0 Å². The number of carbonyl (C=O) groups excluding carboxylic acids is 1. The van der Waals surface area contributed by atoms with E-state index in [1.165, 1.54) is 11.8 Å². The van der Waals surface area contributed by atoms with Crippen molar-refractivity contribution in [1.82, 2.24) is 0 Å². The lowest BCUT2D eigenvalue weighted by Gasteiger charge is -2.02. The summed E-state index contributed by atoms with van der Waals surface area (Å²) in [6.07, 6.45) is 0. The minimum Gasteiger partial charge on any atom is -0.299 e. The predicted octanol–water partition coefficient (Wildman–Crippen LogP) is 3.75. The SMILES string of the molecule is CCSC(=Nc1ccccc1)SCC(C)=O. The molecule has 0 aliphatic carbocycles. The summed E-state index contributed by atoms with van der Waals surface area (Å²) in [6, 6.07) is 9.81. The first kappa shape index (κ1) is 13.3. The second kappa shape index (κ2) is 7.52. The minimum absolute atomic E-state index is 0.183. The first-order valence-electron chi connectivity index (χ1n) is 5.11. The van der Waals surface area contributed by atoms with E-state index < -0.39 is 0 Å². The van der Waals surface area contributed by atoms with Crippen LogP contribution in [0, 0.1) is 0 Å². The number of aliphatic imine (C=N–C) groups is 1. The van der Waals surface area contributed by atoms with Gasteiger partial charge >= 0.3 is 0 Å². The van der Waals surface area contributed by atoms with E-state index in [9.17, 15) is 4.79 Å². The number of Topliss-reactive ketones (excluding diaryl/α,β-unsaturated/α-hetero) is 1. The van der Waals surface area contributed by atoms with E-state index in [4.69, 9.17) is 0 Å². The molecule has 0 spiro atoms. The first-order valence-corrected chi connectivity index (χ1v) is 7.08. The van der Waals surface area contributed by atoms with E-state index in [1.807, 2.05) is 30.3 Å². The summed E-state index contributed by atoms with van der Waals surface area (Å²) >= 11 is 3.19. The standard InChI is InChI=1S/C12H15NOS2/c1-3-15-12(16-9-10(2)14)13-11-7-5-4-6-8-11/h4-8H,3,9H2,1-2H3. The smallest absolute Gasteiger partial charge is 0.140 e. The van der Waals surface area contributed by atoms with Gasteiger partial charge in [-0.3, -0.25) is 4.79 Å². The van der Waals surface area contributed by atoms with Gasteiger partial charge in [0.05, 0.1) is 11.4 Å². The number of thioether (sulfide) groups is 2. The highest BCUT2D eigenvalue weighted by atomic mass is 32.2. The van der Waals surface area contributed by atoms with Crippen molar-refractivity contribution >= 4 is 39.4 Å². The van der Waals surface area contributed by atoms with Crippen molar-refractivity contribution in [1.29, 1.82) is 0 Å². The number of rotatable bonds is 4. The maximum atomic E-state index is 10.9. The summed E-state index contributed by atoms with van der Waals surface area (Å²) in [5.41, 5.74) is 0.939. The van der Waals surface area contributed by atoms with Crippen LogP contribution in [0.4, 0.5) is 5.69 Å². The molecule has 0 heterocycles. The Labute approximate surface area is 105 Å². The molecule has 4 heteroatoms. The number of ketones is 1. The maximum Gasteiger partial charge on any atom is 0.140 e. The highest BCUT2D eigenvalue weighted by Gasteiger charge is 2.02.